The summed E-state index contributed by atoms with van der Waals surface area (Å²) in [5, 5.41) is 11.5. The number of nitrogens with one attached hydrogen (secondary N) is 1. The Morgan fingerprint density at radius 2 is 2.28 bits per heavy atom. The second-order valence-electron chi connectivity index (χ2n) is 3.98. The molecule has 1 atom stereocenters. The second-order valence-corrected chi connectivity index (χ2v) is 4.97. The average molecular weight is 271 g/mol. The number of aliphatic carboxylic acids is 1. The van der Waals surface area contributed by atoms with Crippen molar-refractivity contribution in [3.63, 3.8) is 0 Å². The summed E-state index contributed by atoms with van der Waals surface area (Å²) in [6.07, 6.45) is 3.93. The molecule has 1 heterocycles. The van der Waals surface area contributed by atoms with Crippen LogP contribution in [-0.4, -0.2) is 35.0 Å². The fourth-order valence-electron chi connectivity index (χ4n) is 1.49. The number of carbonyl (C=O) groups is 2. The van der Waals surface area contributed by atoms with Crippen LogP contribution in [0.15, 0.2) is 16.7 Å². The summed E-state index contributed by atoms with van der Waals surface area (Å²) in [6.45, 7) is 1.92. The molecule has 0 aliphatic carbocycles. The topological polar surface area (TPSA) is 79.5 Å². The Labute approximate surface area is 110 Å². The molecule has 0 aliphatic rings. The summed E-state index contributed by atoms with van der Waals surface area (Å²) in [6, 6.07) is 1.55. The molecule has 0 radical (unpaired) electrons. The number of hydrogen-bond acceptors (Lipinski definition) is 4. The maximum absolute atomic E-state index is 11.9. The molecule has 0 fully saturated rings. The minimum absolute atomic E-state index is 0.0533. The van der Waals surface area contributed by atoms with E-state index in [2.05, 4.69) is 5.32 Å². The van der Waals surface area contributed by atoms with Crippen LogP contribution in [0.25, 0.3) is 0 Å². The first kappa shape index (κ1) is 14.6. The molecule has 1 unspecified atom stereocenters. The Hall–Kier alpha value is -1.43. The molecular weight excluding hydrogens is 254 g/mol. The highest BCUT2D eigenvalue weighted by molar-refractivity contribution is 7.98. The molecule has 1 amide bonds. The SMILES string of the molecule is CSCCC(C)NC(=O)c1ccoc1CC(=O)O. The third kappa shape index (κ3) is 4.44. The molecular formula is C12H17NO4S. The van der Waals surface area contributed by atoms with E-state index in [9.17, 15) is 9.59 Å². The van der Waals surface area contributed by atoms with Gasteiger partial charge in [-0.3, -0.25) is 9.59 Å². The standard InChI is InChI=1S/C12H17NO4S/c1-8(4-6-18-2)13-12(16)9-3-5-17-10(9)7-11(14)15/h3,5,8H,4,6-7H2,1-2H3,(H,13,16)(H,14,15). The minimum Gasteiger partial charge on any atom is -0.481 e. The van der Waals surface area contributed by atoms with Crippen LogP contribution in [0.3, 0.4) is 0 Å². The number of furan rings is 1. The summed E-state index contributed by atoms with van der Waals surface area (Å²) >= 11 is 1.72. The quantitative estimate of drug-likeness (QED) is 0.790. The lowest BCUT2D eigenvalue weighted by molar-refractivity contribution is -0.136. The van der Waals surface area contributed by atoms with Crippen LogP contribution < -0.4 is 5.32 Å². The highest BCUT2D eigenvalue weighted by Gasteiger charge is 2.18. The zero-order valence-corrected chi connectivity index (χ0v) is 11.3. The summed E-state index contributed by atoms with van der Waals surface area (Å²) in [5.41, 5.74) is 0.299. The van der Waals surface area contributed by atoms with Gasteiger partial charge in [0.15, 0.2) is 0 Å². The number of carbonyl (C=O) groups excluding carboxylic acids is 1. The molecule has 0 aromatic carbocycles. The monoisotopic (exact) mass is 271 g/mol. The molecule has 1 aromatic rings. The van der Waals surface area contributed by atoms with Crippen LogP contribution in [0.4, 0.5) is 0 Å². The first-order valence-corrected chi connectivity index (χ1v) is 7.02. The third-order valence-corrected chi connectivity index (χ3v) is 3.08. The molecule has 0 spiro atoms. The van der Waals surface area contributed by atoms with Gasteiger partial charge in [-0.05, 0) is 31.4 Å². The van der Waals surface area contributed by atoms with E-state index in [0.29, 0.717) is 5.56 Å². The zero-order chi connectivity index (χ0) is 13.5. The molecule has 18 heavy (non-hydrogen) atoms. The second kappa shape index (κ2) is 7.10. The van der Waals surface area contributed by atoms with Crippen LogP contribution >= 0.6 is 11.8 Å². The number of amides is 1. The van der Waals surface area contributed by atoms with Crippen LogP contribution in [0.2, 0.25) is 0 Å². The summed E-state index contributed by atoms with van der Waals surface area (Å²) in [4.78, 5) is 22.5. The zero-order valence-electron chi connectivity index (χ0n) is 10.4. The van der Waals surface area contributed by atoms with Crippen LogP contribution in [0, 0.1) is 0 Å². The van der Waals surface area contributed by atoms with E-state index >= 15 is 0 Å². The third-order valence-electron chi connectivity index (χ3n) is 2.43. The lowest BCUT2D eigenvalue weighted by Crippen LogP contribution is -2.33. The van der Waals surface area contributed by atoms with Gasteiger partial charge in [-0.1, -0.05) is 0 Å². The molecule has 5 nitrogen and oxygen atoms in total. The van der Waals surface area contributed by atoms with Gasteiger partial charge in [-0.15, -0.1) is 0 Å². The van der Waals surface area contributed by atoms with Gasteiger partial charge in [-0.25, -0.2) is 0 Å². The van der Waals surface area contributed by atoms with Crippen molar-refractivity contribution in [3.8, 4) is 0 Å². The Morgan fingerprint density at radius 1 is 1.56 bits per heavy atom. The van der Waals surface area contributed by atoms with Crippen molar-refractivity contribution in [1.29, 1.82) is 0 Å². The Morgan fingerprint density at radius 3 is 2.89 bits per heavy atom. The number of thioether (sulfide) groups is 1. The number of hydrogen-bond donors (Lipinski definition) is 2. The van der Waals surface area contributed by atoms with Crippen LogP contribution in [-0.2, 0) is 11.2 Å². The van der Waals surface area contributed by atoms with Crippen molar-refractivity contribution in [2.45, 2.75) is 25.8 Å². The molecule has 1 aromatic heterocycles. The molecule has 0 saturated carbocycles. The van der Waals surface area contributed by atoms with E-state index in [0.717, 1.165) is 12.2 Å². The van der Waals surface area contributed by atoms with Gasteiger partial charge >= 0.3 is 5.97 Å². The lowest BCUT2D eigenvalue weighted by Gasteiger charge is -2.12. The van der Waals surface area contributed by atoms with Gasteiger partial charge in [-0.2, -0.15) is 11.8 Å². The van der Waals surface area contributed by atoms with Gasteiger partial charge in [0.1, 0.15) is 12.2 Å². The highest BCUT2D eigenvalue weighted by Crippen LogP contribution is 2.12. The van der Waals surface area contributed by atoms with E-state index in [4.69, 9.17) is 9.52 Å². The average Bonchev–Trinajstić information content (AvgIpc) is 2.73. The minimum atomic E-state index is -1.02. The van der Waals surface area contributed by atoms with E-state index in [1.54, 1.807) is 11.8 Å². The Kier molecular flexibility index (Phi) is 5.77. The fraction of sp³-hybridized carbons (Fsp3) is 0.500. The molecule has 0 bridgehead atoms. The first-order chi connectivity index (χ1) is 8.54. The Bertz CT molecular complexity index is 416. The van der Waals surface area contributed by atoms with Gasteiger partial charge < -0.3 is 14.8 Å². The predicted octanol–water partition coefficient (Wildman–Crippen LogP) is 1.78. The molecule has 100 valence electrons. The number of carboxylic acid groups (broad SMARTS) is 1. The highest BCUT2D eigenvalue weighted by atomic mass is 32.2. The molecule has 0 saturated heterocycles. The molecule has 0 aliphatic heterocycles. The van der Waals surface area contributed by atoms with Crippen molar-refractivity contribution in [2.75, 3.05) is 12.0 Å². The van der Waals surface area contributed by atoms with Gasteiger partial charge in [0.2, 0.25) is 0 Å². The fourth-order valence-corrected chi connectivity index (χ4v) is 2.07. The van der Waals surface area contributed by atoms with Gasteiger partial charge in [0.25, 0.3) is 5.91 Å². The molecule has 2 N–H and O–H groups in total. The van der Waals surface area contributed by atoms with Crippen LogP contribution in [0.1, 0.15) is 29.5 Å². The number of rotatable bonds is 7. The smallest absolute Gasteiger partial charge is 0.311 e. The van der Waals surface area contributed by atoms with Gasteiger partial charge in [0.05, 0.1) is 11.8 Å². The first-order valence-electron chi connectivity index (χ1n) is 5.62. The maximum atomic E-state index is 11.9. The van der Waals surface area contributed by atoms with Crippen molar-refractivity contribution < 1.29 is 19.1 Å². The predicted molar refractivity (Wildman–Crippen MR) is 70.0 cm³/mol. The molecule has 6 heteroatoms. The lowest BCUT2D eigenvalue weighted by atomic mass is 10.1. The summed E-state index contributed by atoms with van der Waals surface area (Å²) in [7, 11) is 0. The van der Waals surface area contributed by atoms with Gasteiger partial charge in [0, 0.05) is 6.04 Å². The Balaban J connectivity index is 2.61. The van der Waals surface area contributed by atoms with E-state index in [1.165, 1.54) is 12.3 Å². The van der Waals surface area contributed by atoms with Crippen molar-refractivity contribution >= 4 is 23.6 Å². The van der Waals surface area contributed by atoms with E-state index in [-0.39, 0.29) is 24.1 Å². The van der Waals surface area contributed by atoms with E-state index < -0.39 is 5.97 Å². The number of carboxylic acids is 1. The normalized spacial score (nSPS) is 12.1. The van der Waals surface area contributed by atoms with Crippen molar-refractivity contribution in [1.82, 2.24) is 5.32 Å². The summed E-state index contributed by atoms with van der Waals surface area (Å²) in [5.74, 6) is -0.144. The van der Waals surface area contributed by atoms with Crippen LogP contribution in [0.5, 0.6) is 0 Å². The summed E-state index contributed by atoms with van der Waals surface area (Å²) < 4.78 is 5.01. The van der Waals surface area contributed by atoms with Crippen molar-refractivity contribution in [2.24, 2.45) is 0 Å². The maximum Gasteiger partial charge on any atom is 0.311 e. The van der Waals surface area contributed by atoms with Crippen molar-refractivity contribution in [3.05, 3.63) is 23.7 Å². The molecule has 1 rings (SSSR count). The largest absolute Gasteiger partial charge is 0.481 e. The van der Waals surface area contributed by atoms with E-state index in [1.807, 2.05) is 13.2 Å².